The van der Waals surface area contributed by atoms with Crippen LogP contribution in [0.2, 0.25) is 0 Å². The highest BCUT2D eigenvalue weighted by atomic mass is 16.3. The molecule has 2 fully saturated rings. The molecule has 0 amide bonds. The van der Waals surface area contributed by atoms with Crippen LogP contribution >= 0.6 is 0 Å². The molecule has 1 aliphatic heterocycles. The Kier molecular flexibility index (Phi) is 6.31. The lowest BCUT2D eigenvalue weighted by molar-refractivity contribution is 0.0889. The number of nitrogens with zero attached hydrogens (tertiary/aromatic N) is 1. The van der Waals surface area contributed by atoms with Crippen LogP contribution in [0.1, 0.15) is 52.4 Å². The second kappa shape index (κ2) is 7.77. The number of rotatable bonds is 7. The van der Waals surface area contributed by atoms with Crippen molar-refractivity contribution in [2.45, 2.75) is 52.4 Å². The van der Waals surface area contributed by atoms with E-state index in [-0.39, 0.29) is 0 Å². The number of aliphatic hydroxyl groups excluding tert-OH is 1. The van der Waals surface area contributed by atoms with Crippen LogP contribution in [-0.4, -0.2) is 49.3 Å². The van der Waals surface area contributed by atoms with E-state index in [9.17, 15) is 5.11 Å². The maximum atomic E-state index is 9.25. The molecule has 0 aromatic carbocycles. The Hall–Kier alpha value is -0.120. The highest BCUT2D eigenvalue weighted by Crippen LogP contribution is 2.39. The summed E-state index contributed by atoms with van der Waals surface area (Å²) in [5.41, 5.74) is 0.529. The lowest BCUT2D eigenvalue weighted by atomic mass is 9.84. The molecule has 0 atom stereocenters. The van der Waals surface area contributed by atoms with Crippen LogP contribution in [0.5, 0.6) is 0 Å². The van der Waals surface area contributed by atoms with Gasteiger partial charge in [0.05, 0.1) is 0 Å². The Labute approximate surface area is 125 Å². The summed E-state index contributed by atoms with van der Waals surface area (Å²) in [7, 11) is 0. The van der Waals surface area contributed by atoms with Crippen molar-refractivity contribution in [2.75, 3.05) is 39.3 Å². The van der Waals surface area contributed by atoms with Crippen molar-refractivity contribution in [1.82, 2.24) is 10.2 Å². The first-order valence-electron chi connectivity index (χ1n) is 8.67. The second-order valence-electron chi connectivity index (χ2n) is 7.63. The van der Waals surface area contributed by atoms with Gasteiger partial charge in [-0.25, -0.2) is 0 Å². The highest BCUT2D eigenvalue weighted by Gasteiger charge is 2.36. The van der Waals surface area contributed by atoms with Crippen molar-refractivity contribution in [2.24, 2.45) is 17.3 Å². The van der Waals surface area contributed by atoms with Crippen molar-refractivity contribution >= 4 is 0 Å². The van der Waals surface area contributed by atoms with E-state index in [1.807, 2.05) is 0 Å². The van der Waals surface area contributed by atoms with Gasteiger partial charge < -0.3 is 15.3 Å². The van der Waals surface area contributed by atoms with Crippen molar-refractivity contribution in [3.63, 3.8) is 0 Å². The first kappa shape index (κ1) is 16.3. The van der Waals surface area contributed by atoms with Gasteiger partial charge in [-0.05, 0) is 62.6 Å². The molecule has 2 N–H and O–H groups in total. The molecule has 118 valence electrons. The number of hydrogen-bond donors (Lipinski definition) is 2. The first-order valence-corrected chi connectivity index (χ1v) is 8.67. The number of piperidine rings is 1. The van der Waals surface area contributed by atoms with E-state index in [0.717, 1.165) is 12.5 Å². The highest BCUT2D eigenvalue weighted by molar-refractivity contribution is 4.90. The van der Waals surface area contributed by atoms with Gasteiger partial charge in [0.2, 0.25) is 0 Å². The van der Waals surface area contributed by atoms with Gasteiger partial charge in [0.25, 0.3) is 0 Å². The zero-order valence-corrected chi connectivity index (χ0v) is 13.5. The van der Waals surface area contributed by atoms with Gasteiger partial charge >= 0.3 is 0 Å². The molecule has 0 aromatic rings. The van der Waals surface area contributed by atoms with Crippen molar-refractivity contribution < 1.29 is 5.11 Å². The fourth-order valence-corrected chi connectivity index (χ4v) is 3.94. The Bertz CT molecular complexity index is 266. The van der Waals surface area contributed by atoms with Gasteiger partial charge in [-0.1, -0.05) is 26.7 Å². The number of nitrogens with one attached hydrogen (secondary N) is 1. The average molecular weight is 282 g/mol. The molecular weight excluding hydrogens is 248 g/mol. The van der Waals surface area contributed by atoms with Gasteiger partial charge in [0.1, 0.15) is 0 Å². The zero-order valence-electron chi connectivity index (χ0n) is 13.5. The van der Waals surface area contributed by atoms with E-state index < -0.39 is 0 Å². The fourth-order valence-electron chi connectivity index (χ4n) is 3.94. The van der Waals surface area contributed by atoms with Crippen molar-refractivity contribution in [3.8, 4) is 0 Å². The summed E-state index contributed by atoms with van der Waals surface area (Å²) in [4.78, 5) is 2.66. The average Bonchev–Trinajstić information content (AvgIpc) is 2.88. The van der Waals surface area contributed by atoms with E-state index in [1.165, 1.54) is 64.7 Å². The summed E-state index contributed by atoms with van der Waals surface area (Å²) >= 11 is 0. The summed E-state index contributed by atoms with van der Waals surface area (Å²) in [5.74, 6) is 1.30. The molecule has 2 rings (SSSR count). The normalized spacial score (nSPS) is 24.6. The molecule has 0 spiro atoms. The minimum Gasteiger partial charge on any atom is -0.396 e. The Morgan fingerprint density at radius 2 is 1.85 bits per heavy atom. The SMILES string of the molecule is CC(C)CNCC1(CN2CCC(CO)CC2)CCCC1. The van der Waals surface area contributed by atoms with Crippen molar-refractivity contribution in [1.29, 1.82) is 0 Å². The third kappa shape index (κ3) is 4.71. The third-order valence-electron chi connectivity index (χ3n) is 5.24. The number of aliphatic hydroxyl groups is 1. The van der Waals surface area contributed by atoms with Crippen LogP contribution in [-0.2, 0) is 0 Å². The number of hydrogen-bond acceptors (Lipinski definition) is 3. The van der Waals surface area contributed by atoms with E-state index >= 15 is 0 Å². The zero-order chi connectivity index (χ0) is 14.4. The molecule has 1 aliphatic carbocycles. The van der Waals surface area contributed by atoms with Crippen LogP contribution in [0.15, 0.2) is 0 Å². The van der Waals surface area contributed by atoms with Gasteiger partial charge in [0.15, 0.2) is 0 Å². The van der Waals surface area contributed by atoms with E-state index in [1.54, 1.807) is 0 Å². The molecular formula is C17H34N2O. The largest absolute Gasteiger partial charge is 0.396 e. The predicted molar refractivity (Wildman–Crippen MR) is 84.9 cm³/mol. The van der Waals surface area contributed by atoms with Crippen molar-refractivity contribution in [3.05, 3.63) is 0 Å². The summed E-state index contributed by atoms with van der Waals surface area (Å²) in [5, 5.41) is 13.0. The van der Waals surface area contributed by atoms with E-state index in [0.29, 0.717) is 17.9 Å². The molecule has 1 saturated heterocycles. The standard InChI is InChI=1S/C17H34N2O/c1-15(2)11-18-13-17(7-3-4-8-17)14-19-9-5-16(12-20)6-10-19/h15-16,18,20H,3-14H2,1-2H3. The Morgan fingerprint density at radius 1 is 1.20 bits per heavy atom. The number of likely N-dealkylation sites (tertiary alicyclic amines) is 1. The van der Waals surface area contributed by atoms with Gasteiger partial charge in [-0.2, -0.15) is 0 Å². The summed E-state index contributed by atoms with van der Waals surface area (Å²) < 4.78 is 0. The van der Waals surface area contributed by atoms with Gasteiger partial charge in [-0.15, -0.1) is 0 Å². The smallest absolute Gasteiger partial charge is 0.0460 e. The fraction of sp³-hybridized carbons (Fsp3) is 1.00. The molecule has 0 bridgehead atoms. The quantitative estimate of drug-likeness (QED) is 0.753. The maximum absolute atomic E-state index is 9.25. The van der Waals surface area contributed by atoms with Gasteiger partial charge in [-0.3, -0.25) is 0 Å². The lowest BCUT2D eigenvalue weighted by Crippen LogP contribution is -2.46. The Morgan fingerprint density at radius 3 is 2.40 bits per heavy atom. The molecule has 3 heteroatoms. The molecule has 0 unspecified atom stereocenters. The lowest BCUT2D eigenvalue weighted by Gasteiger charge is -2.39. The van der Waals surface area contributed by atoms with Crippen LogP contribution in [0.4, 0.5) is 0 Å². The molecule has 3 nitrogen and oxygen atoms in total. The molecule has 20 heavy (non-hydrogen) atoms. The van der Waals surface area contributed by atoms with E-state index in [2.05, 4.69) is 24.1 Å². The molecule has 0 aromatic heterocycles. The minimum atomic E-state index is 0.384. The van der Waals surface area contributed by atoms with Crippen LogP contribution in [0, 0.1) is 17.3 Å². The van der Waals surface area contributed by atoms with Gasteiger partial charge in [0, 0.05) is 19.7 Å². The van der Waals surface area contributed by atoms with Crippen LogP contribution in [0.3, 0.4) is 0 Å². The van der Waals surface area contributed by atoms with E-state index in [4.69, 9.17) is 0 Å². The summed E-state index contributed by atoms with van der Waals surface area (Å²) in [6.45, 7) is 11.0. The monoisotopic (exact) mass is 282 g/mol. The first-order chi connectivity index (χ1) is 9.63. The molecule has 2 aliphatic rings. The third-order valence-corrected chi connectivity index (χ3v) is 5.24. The molecule has 1 heterocycles. The molecule has 1 saturated carbocycles. The minimum absolute atomic E-state index is 0.384. The second-order valence-corrected chi connectivity index (χ2v) is 7.63. The molecule has 0 radical (unpaired) electrons. The summed E-state index contributed by atoms with van der Waals surface area (Å²) in [6, 6.07) is 0. The Balaban J connectivity index is 1.79. The van der Waals surface area contributed by atoms with Crippen LogP contribution in [0.25, 0.3) is 0 Å². The maximum Gasteiger partial charge on any atom is 0.0460 e. The predicted octanol–water partition coefficient (Wildman–Crippen LogP) is 2.50. The van der Waals surface area contributed by atoms with Crippen LogP contribution < -0.4 is 5.32 Å². The topological polar surface area (TPSA) is 35.5 Å². The summed E-state index contributed by atoms with van der Waals surface area (Å²) in [6.07, 6.45) is 8.00.